The van der Waals surface area contributed by atoms with E-state index in [-0.39, 0.29) is 24.2 Å². The zero-order chi connectivity index (χ0) is 10.7. The van der Waals surface area contributed by atoms with Gasteiger partial charge in [-0.25, -0.2) is 5.84 Å². The van der Waals surface area contributed by atoms with Gasteiger partial charge in [0.1, 0.15) is 0 Å². The summed E-state index contributed by atoms with van der Waals surface area (Å²) >= 11 is 0. The fraction of sp³-hybridized carbons (Fsp3) is 0.889. The molecule has 0 spiro atoms. The number of nitrogens with one attached hydrogen (secondary N) is 1. The Balaban J connectivity index is 2.54. The molecule has 14 heavy (non-hydrogen) atoms. The molecule has 0 bridgehead atoms. The Morgan fingerprint density at radius 2 is 2.00 bits per heavy atom. The van der Waals surface area contributed by atoms with Gasteiger partial charge < -0.3 is 4.74 Å². The molecule has 0 unspecified atom stereocenters. The highest BCUT2D eigenvalue weighted by molar-refractivity contribution is 5.80. The minimum atomic E-state index is -0.186. The van der Waals surface area contributed by atoms with Crippen LogP contribution in [0.1, 0.15) is 20.8 Å². The summed E-state index contributed by atoms with van der Waals surface area (Å²) in [6.07, 6.45) is 0.346. The molecule has 3 N–H and O–H groups in total. The van der Waals surface area contributed by atoms with E-state index in [1.54, 1.807) is 0 Å². The van der Waals surface area contributed by atoms with Crippen molar-refractivity contribution >= 4 is 5.91 Å². The molecule has 1 saturated heterocycles. The van der Waals surface area contributed by atoms with Crippen molar-refractivity contribution in [3.8, 4) is 0 Å². The van der Waals surface area contributed by atoms with Crippen molar-refractivity contribution in [1.29, 1.82) is 0 Å². The van der Waals surface area contributed by atoms with Crippen LogP contribution in [0.15, 0.2) is 0 Å². The average Bonchev–Trinajstić information content (AvgIpc) is 2.14. The van der Waals surface area contributed by atoms with Gasteiger partial charge in [0.15, 0.2) is 0 Å². The summed E-state index contributed by atoms with van der Waals surface area (Å²) in [6.45, 7) is 7.43. The molecule has 0 aromatic carbocycles. The maximum atomic E-state index is 11.3. The lowest BCUT2D eigenvalue weighted by atomic mass is 10.1. The van der Waals surface area contributed by atoms with Gasteiger partial charge in [-0.05, 0) is 20.8 Å². The first-order valence-electron chi connectivity index (χ1n) is 4.94. The predicted molar refractivity (Wildman–Crippen MR) is 53.4 cm³/mol. The zero-order valence-electron chi connectivity index (χ0n) is 8.99. The highest BCUT2D eigenvalue weighted by Crippen LogP contribution is 2.13. The third kappa shape index (κ3) is 2.67. The zero-order valence-corrected chi connectivity index (χ0v) is 8.99. The number of ether oxygens (including phenoxy) is 1. The third-order valence-electron chi connectivity index (χ3n) is 2.52. The Bertz CT molecular complexity index is 200. The summed E-state index contributed by atoms with van der Waals surface area (Å²) < 4.78 is 5.58. The maximum Gasteiger partial charge on any atom is 0.250 e. The number of hydrogen-bond donors (Lipinski definition) is 2. The maximum absolute atomic E-state index is 11.3. The summed E-state index contributed by atoms with van der Waals surface area (Å²) in [5.74, 6) is 4.94. The van der Waals surface area contributed by atoms with Crippen LogP contribution in [0.3, 0.4) is 0 Å². The topological polar surface area (TPSA) is 67.6 Å². The van der Waals surface area contributed by atoms with E-state index < -0.39 is 0 Å². The largest absolute Gasteiger partial charge is 0.373 e. The molecule has 1 heterocycles. The second kappa shape index (κ2) is 4.72. The molecule has 0 saturated carbocycles. The van der Waals surface area contributed by atoms with Crippen LogP contribution in [0.4, 0.5) is 0 Å². The highest BCUT2D eigenvalue weighted by Gasteiger charge is 2.28. The number of hydrazine groups is 1. The standard InChI is InChI=1S/C9H19N3O2/c1-6-4-12(5-7(2)14-6)8(3)9(13)11-10/h6-8H,4-5,10H2,1-3H3,(H,11,13)/t6-,7-,8-/m1/s1. The lowest BCUT2D eigenvalue weighted by Crippen LogP contribution is -2.54. The third-order valence-corrected chi connectivity index (χ3v) is 2.52. The number of carbonyl (C=O) groups is 1. The Kier molecular flexibility index (Phi) is 3.86. The van der Waals surface area contributed by atoms with Crippen LogP contribution in [0.5, 0.6) is 0 Å². The number of morpholine rings is 1. The van der Waals surface area contributed by atoms with Gasteiger partial charge in [0, 0.05) is 13.1 Å². The van der Waals surface area contributed by atoms with Crippen LogP contribution in [0, 0.1) is 0 Å². The molecule has 3 atom stereocenters. The van der Waals surface area contributed by atoms with E-state index in [0.29, 0.717) is 0 Å². The summed E-state index contributed by atoms with van der Waals surface area (Å²) in [5.41, 5.74) is 2.17. The van der Waals surface area contributed by atoms with Crippen LogP contribution in [-0.2, 0) is 9.53 Å². The van der Waals surface area contributed by atoms with Crippen molar-refractivity contribution in [2.75, 3.05) is 13.1 Å². The number of rotatable bonds is 2. The van der Waals surface area contributed by atoms with Gasteiger partial charge in [-0.15, -0.1) is 0 Å². The van der Waals surface area contributed by atoms with Crippen molar-refractivity contribution in [3.05, 3.63) is 0 Å². The molecule has 1 fully saturated rings. The molecule has 1 rings (SSSR count). The van der Waals surface area contributed by atoms with Crippen molar-refractivity contribution in [2.45, 2.75) is 39.0 Å². The lowest BCUT2D eigenvalue weighted by Gasteiger charge is -2.37. The Morgan fingerprint density at radius 3 is 2.43 bits per heavy atom. The fourth-order valence-electron chi connectivity index (χ4n) is 1.82. The molecule has 5 nitrogen and oxygen atoms in total. The molecule has 0 radical (unpaired) electrons. The predicted octanol–water partition coefficient (Wildman–Crippen LogP) is -0.526. The van der Waals surface area contributed by atoms with E-state index in [4.69, 9.17) is 10.6 Å². The summed E-state index contributed by atoms with van der Waals surface area (Å²) in [4.78, 5) is 13.4. The molecular formula is C9H19N3O2. The minimum absolute atomic E-state index is 0.147. The molecule has 1 aliphatic rings. The molecule has 0 aromatic rings. The number of amides is 1. The van der Waals surface area contributed by atoms with E-state index >= 15 is 0 Å². The summed E-state index contributed by atoms with van der Waals surface area (Å²) in [6, 6.07) is -0.186. The molecular weight excluding hydrogens is 182 g/mol. The number of hydrogen-bond acceptors (Lipinski definition) is 4. The van der Waals surface area contributed by atoms with E-state index in [1.165, 1.54) is 0 Å². The van der Waals surface area contributed by atoms with Gasteiger partial charge >= 0.3 is 0 Å². The van der Waals surface area contributed by atoms with Crippen LogP contribution >= 0.6 is 0 Å². The second-order valence-corrected chi connectivity index (χ2v) is 3.90. The van der Waals surface area contributed by atoms with E-state index in [2.05, 4.69) is 10.3 Å². The fourth-order valence-corrected chi connectivity index (χ4v) is 1.82. The van der Waals surface area contributed by atoms with Crippen LogP contribution in [0.2, 0.25) is 0 Å². The molecule has 5 heteroatoms. The SMILES string of the molecule is C[C@@H]1CN([C@H](C)C(=O)NN)C[C@@H](C)O1. The first-order chi connectivity index (χ1) is 6.54. The average molecular weight is 201 g/mol. The smallest absolute Gasteiger partial charge is 0.250 e. The Labute approximate surface area is 84.5 Å². The van der Waals surface area contributed by atoms with E-state index in [1.807, 2.05) is 20.8 Å². The molecule has 1 amide bonds. The van der Waals surface area contributed by atoms with Crippen LogP contribution in [-0.4, -0.2) is 42.1 Å². The highest BCUT2D eigenvalue weighted by atomic mass is 16.5. The van der Waals surface area contributed by atoms with Gasteiger partial charge in [-0.2, -0.15) is 0 Å². The van der Waals surface area contributed by atoms with E-state index in [9.17, 15) is 4.79 Å². The molecule has 1 aliphatic heterocycles. The van der Waals surface area contributed by atoms with Crippen molar-refractivity contribution in [2.24, 2.45) is 5.84 Å². The second-order valence-electron chi connectivity index (χ2n) is 3.90. The lowest BCUT2D eigenvalue weighted by molar-refractivity contribution is -0.131. The quantitative estimate of drug-likeness (QED) is 0.358. The van der Waals surface area contributed by atoms with Crippen LogP contribution in [0.25, 0.3) is 0 Å². The van der Waals surface area contributed by atoms with Gasteiger partial charge in [-0.3, -0.25) is 15.1 Å². The van der Waals surface area contributed by atoms with Crippen molar-refractivity contribution < 1.29 is 9.53 Å². The Hall–Kier alpha value is -0.650. The number of carbonyl (C=O) groups excluding carboxylic acids is 1. The molecule has 0 aliphatic carbocycles. The monoisotopic (exact) mass is 201 g/mol. The normalized spacial score (nSPS) is 31.1. The molecule has 82 valence electrons. The first kappa shape index (κ1) is 11.4. The summed E-state index contributed by atoms with van der Waals surface area (Å²) in [5, 5.41) is 0. The molecule has 0 aromatic heterocycles. The first-order valence-corrected chi connectivity index (χ1v) is 4.94. The van der Waals surface area contributed by atoms with Gasteiger partial charge in [0.25, 0.3) is 5.91 Å². The minimum Gasteiger partial charge on any atom is -0.373 e. The van der Waals surface area contributed by atoms with Gasteiger partial charge in [-0.1, -0.05) is 0 Å². The Morgan fingerprint density at radius 1 is 1.50 bits per heavy atom. The number of nitrogens with two attached hydrogens (primary N) is 1. The summed E-state index contributed by atoms with van der Waals surface area (Å²) in [7, 11) is 0. The van der Waals surface area contributed by atoms with Crippen molar-refractivity contribution in [3.63, 3.8) is 0 Å². The number of nitrogens with zero attached hydrogens (tertiary/aromatic N) is 1. The van der Waals surface area contributed by atoms with E-state index in [0.717, 1.165) is 13.1 Å². The van der Waals surface area contributed by atoms with Gasteiger partial charge in [0.2, 0.25) is 0 Å². The van der Waals surface area contributed by atoms with Gasteiger partial charge in [0.05, 0.1) is 18.2 Å². The van der Waals surface area contributed by atoms with Crippen LogP contribution < -0.4 is 11.3 Å². The van der Waals surface area contributed by atoms with Crippen molar-refractivity contribution in [1.82, 2.24) is 10.3 Å².